The van der Waals surface area contributed by atoms with Gasteiger partial charge >= 0.3 is 5.97 Å². The first-order valence-corrected chi connectivity index (χ1v) is 8.72. The van der Waals surface area contributed by atoms with Crippen molar-refractivity contribution in [3.05, 3.63) is 23.8 Å². The predicted octanol–water partition coefficient (Wildman–Crippen LogP) is 3.80. The van der Waals surface area contributed by atoms with Crippen LogP contribution in [0.1, 0.15) is 57.3 Å². The fourth-order valence-electron chi connectivity index (χ4n) is 2.09. The number of hydrogen-bond donors (Lipinski definition) is 1. The highest BCUT2D eigenvalue weighted by Gasteiger charge is 2.31. The minimum absolute atomic E-state index is 0.265. The SMILES string of the molecule is CCCCOc1ccc(NC(=O)[C@](C)(CC)OC)cc1C(=O)OCC. The topological polar surface area (TPSA) is 73.9 Å². The summed E-state index contributed by atoms with van der Waals surface area (Å²) in [5, 5.41) is 2.79. The molecule has 6 nitrogen and oxygen atoms in total. The predicted molar refractivity (Wildman–Crippen MR) is 97.1 cm³/mol. The molecule has 0 aliphatic rings. The van der Waals surface area contributed by atoms with Gasteiger partial charge < -0.3 is 19.5 Å². The maximum Gasteiger partial charge on any atom is 0.341 e. The van der Waals surface area contributed by atoms with Gasteiger partial charge in [-0.25, -0.2) is 4.79 Å². The summed E-state index contributed by atoms with van der Waals surface area (Å²) in [4.78, 5) is 24.6. The van der Waals surface area contributed by atoms with Gasteiger partial charge in [0.05, 0.1) is 13.2 Å². The Balaban J connectivity index is 3.04. The third-order valence-corrected chi connectivity index (χ3v) is 4.09. The summed E-state index contributed by atoms with van der Waals surface area (Å²) in [6.07, 6.45) is 2.41. The Hall–Kier alpha value is -2.08. The minimum atomic E-state index is -0.930. The highest BCUT2D eigenvalue weighted by molar-refractivity contribution is 5.99. The van der Waals surface area contributed by atoms with Crippen LogP contribution in [0.3, 0.4) is 0 Å². The van der Waals surface area contributed by atoms with Crippen LogP contribution >= 0.6 is 0 Å². The fourth-order valence-corrected chi connectivity index (χ4v) is 2.09. The van der Waals surface area contributed by atoms with Gasteiger partial charge in [-0.3, -0.25) is 4.79 Å². The van der Waals surface area contributed by atoms with Crippen molar-refractivity contribution in [1.82, 2.24) is 0 Å². The van der Waals surface area contributed by atoms with E-state index in [4.69, 9.17) is 14.2 Å². The van der Waals surface area contributed by atoms with Crippen LogP contribution in [0.5, 0.6) is 5.75 Å². The molecule has 0 saturated heterocycles. The molecule has 140 valence electrons. The Kier molecular flexibility index (Phi) is 8.41. The van der Waals surface area contributed by atoms with Crippen molar-refractivity contribution < 1.29 is 23.8 Å². The van der Waals surface area contributed by atoms with E-state index in [1.165, 1.54) is 7.11 Å². The number of hydrogen-bond acceptors (Lipinski definition) is 5. The average Bonchev–Trinajstić information content (AvgIpc) is 2.62. The second kappa shape index (κ2) is 10.0. The molecule has 1 rings (SSSR count). The maximum atomic E-state index is 12.4. The van der Waals surface area contributed by atoms with Crippen molar-refractivity contribution in [1.29, 1.82) is 0 Å². The molecule has 6 heteroatoms. The van der Waals surface area contributed by atoms with Crippen LogP contribution in [0.4, 0.5) is 5.69 Å². The molecule has 0 fully saturated rings. The Morgan fingerprint density at radius 3 is 2.48 bits per heavy atom. The molecule has 1 N–H and O–H groups in total. The molecule has 1 aromatic rings. The van der Waals surface area contributed by atoms with Crippen molar-refractivity contribution in [3.63, 3.8) is 0 Å². The fraction of sp³-hybridized carbons (Fsp3) is 0.579. The van der Waals surface area contributed by atoms with E-state index in [9.17, 15) is 9.59 Å². The number of unbranched alkanes of at least 4 members (excludes halogenated alkanes) is 1. The van der Waals surface area contributed by atoms with E-state index in [1.54, 1.807) is 32.0 Å². The van der Waals surface area contributed by atoms with Crippen LogP contribution in [0.2, 0.25) is 0 Å². The van der Waals surface area contributed by atoms with Crippen molar-refractivity contribution in [2.75, 3.05) is 25.6 Å². The largest absolute Gasteiger partial charge is 0.493 e. The van der Waals surface area contributed by atoms with Crippen molar-refractivity contribution >= 4 is 17.6 Å². The molecule has 0 saturated carbocycles. The summed E-state index contributed by atoms with van der Waals surface area (Å²) in [5.41, 5.74) is -0.139. The molecule has 1 atom stereocenters. The first kappa shape index (κ1) is 21.0. The summed E-state index contributed by atoms with van der Waals surface area (Å²) in [6, 6.07) is 4.95. The molecule has 1 aromatic carbocycles. The van der Waals surface area contributed by atoms with Gasteiger partial charge in [0.15, 0.2) is 0 Å². The second-order valence-corrected chi connectivity index (χ2v) is 5.88. The molecule has 0 radical (unpaired) electrons. The van der Waals surface area contributed by atoms with Gasteiger partial charge in [-0.2, -0.15) is 0 Å². The lowest BCUT2D eigenvalue weighted by Gasteiger charge is -2.25. The quantitative estimate of drug-likeness (QED) is 0.513. The van der Waals surface area contributed by atoms with Crippen LogP contribution in [0.15, 0.2) is 18.2 Å². The van der Waals surface area contributed by atoms with E-state index >= 15 is 0 Å². The zero-order chi connectivity index (χ0) is 18.9. The molecular weight excluding hydrogens is 322 g/mol. The van der Waals surface area contributed by atoms with Gasteiger partial charge in [0.1, 0.15) is 16.9 Å². The molecule has 0 aliphatic carbocycles. The van der Waals surface area contributed by atoms with Crippen LogP contribution in [0.25, 0.3) is 0 Å². The molecule has 0 bridgehead atoms. The lowest BCUT2D eigenvalue weighted by atomic mass is 10.0. The van der Waals surface area contributed by atoms with Gasteiger partial charge in [0, 0.05) is 12.8 Å². The summed E-state index contributed by atoms with van der Waals surface area (Å²) < 4.78 is 16.1. The Bertz CT molecular complexity index is 581. The molecule has 25 heavy (non-hydrogen) atoms. The number of esters is 1. The zero-order valence-electron chi connectivity index (χ0n) is 15.8. The lowest BCUT2D eigenvalue weighted by Crippen LogP contribution is -2.41. The van der Waals surface area contributed by atoms with E-state index in [-0.39, 0.29) is 12.5 Å². The smallest absolute Gasteiger partial charge is 0.341 e. The number of carbonyl (C=O) groups excluding carboxylic acids is 2. The van der Waals surface area contributed by atoms with Gasteiger partial charge in [-0.15, -0.1) is 0 Å². The van der Waals surface area contributed by atoms with Crippen LogP contribution in [0, 0.1) is 0 Å². The van der Waals surface area contributed by atoms with Gasteiger partial charge in [0.2, 0.25) is 0 Å². The number of benzene rings is 1. The lowest BCUT2D eigenvalue weighted by molar-refractivity contribution is -0.136. The van der Waals surface area contributed by atoms with Crippen LogP contribution < -0.4 is 10.1 Å². The molecular formula is C19H29NO5. The maximum absolute atomic E-state index is 12.4. The first-order chi connectivity index (χ1) is 11.9. The van der Waals surface area contributed by atoms with Crippen LogP contribution in [-0.4, -0.2) is 37.8 Å². The van der Waals surface area contributed by atoms with Gasteiger partial charge in [-0.1, -0.05) is 20.3 Å². The van der Waals surface area contributed by atoms with Crippen molar-refractivity contribution in [3.8, 4) is 5.75 Å². The van der Waals surface area contributed by atoms with Gasteiger partial charge in [-0.05, 0) is 44.9 Å². The summed E-state index contributed by atoms with van der Waals surface area (Å²) in [6.45, 7) is 8.18. The summed E-state index contributed by atoms with van der Waals surface area (Å²) in [5.74, 6) is -0.294. The standard InChI is InChI=1S/C19H29NO5/c1-6-9-12-25-16-11-10-14(13-15(16)17(21)24-8-3)20-18(22)19(4,7-2)23-5/h10-11,13H,6-9,12H2,1-5H3,(H,20,22)/t19-/m0/s1. The van der Waals surface area contributed by atoms with E-state index in [1.807, 2.05) is 6.92 Å². The first-order valence-electron chi connectivity index (χ1n) is 8.72. The molecule has 0 heterocycles. The number of anilines is 1. The monoisotopic (exact) mass is 351 g/mol. The minimum Gasteiger partial charge on any atom is -0.493 e. The second-order valence-electron chi connectivity index (χ2n) is 5.88. The van der Waals surface area contributed by atoms with E-state index < -0.39 is 11.6 Å². The number of methoxy groups -OCH3 is 1. The van der Waals surface area contributed by atoms with E-state index in [0.717, 1.165) is 12.8 Å². The molecule has 0 spiro atoms. The van der Waals surface area contributed by atoms with Crippen molar-refractivity contribution in [2.24, 2.45) is 0 Å². The Labute approximate surface area is 149 Å². The zero-order valence-corrected chi connectivity index (χ0v) is 15.8. The van der Waals surface area contributed by atoms with Gasteiger partial charge in [0.25, 0.3) is 5.91 Å². The third-order valence-electron chi connectivity index (χ3n) is 4.09. The normalized spacial score (nSPS) is 13.0. The molecule has 0 aliphatic heterocycles. The molecule has 0 unspecified atom stereocenters. The number of nitrogens with one attached hydrogen (secondary N) is 1. The third kappa shape index (κ3) is 5.74. The molecule has 1 amide bonds. The van der Waals surface area contributed by atoms with Crippen LogP contribution in [-0.2, 0) is 14.3 Å². The van der Waals surface area contributed by atoms with E-state index in [0.29, 0.717) is 30.0 Å². The highest BCUT2D eigenvalue weighted by Crippen LogP contribution is 2.26. The number of carbonyl (C=O) groups is 2. The Morgan fingerprint density at radius 2 is 1.92 bits per heavy atom. The number of amides is 1. The number of rotatable bonds is 10. The summed E-state index contributed by atoms with van der Waals surface area (Å²) in [7, 11) is 1.50. The average molecular weight is 351 g/mol. The van der Waals surface area contributed by atoms with E-state index in [2.05, 4.69) is 12.2 Å². The number of ether oxygens (including phenoxy) is 3. The molecule has 0 aromatic heterocycles. The summed E-state index contributed by atoms with van der Waals surface area (Å²) >= 11 is 0. The Morgan fingerprint density at radius 1 is 1.20 bits per heavy atom. The highest BCUT2D eigenvalue weighted by atomic mass is 16.5. The van der Waals surface area contributed by atoms with Crippen molar-refractivity contribution in [2.45, 2.75) is 52.6 Å².